The highest BCUT2D eigenvalue weighted by atomic mass is 19.3. The van der Waals surface area contributed by atoms with Crippen LogP contribution in [0.4, 0.5) is 20.4 Å². The van der Waals surface area contributed by atoms with Crippen LogP contribution in [0.3, 0.4) is 0 Å². The van der Waals surface area contributed by atoms with E-state index in [-0.39, 0.29) is 17.5 Å². The number of hydrogen-bond donors (Lipinski definition) is 2. The van der Waals surface area contributed by atoms with Crippen LogP contribution in [0.15, 0.2) is 24.7 Å². The predicted octanol–water partition coefficient (Wildman–Crippen LogP) is 2.28. The van der Waals surface area contributed by atoms with Crippen LogP contribution in [0.1, 0.15) is 24.1 Å². The normalized spacial score (nSPS) is 13.2. The van der Waals surface area contributed by atoms with Crippen LogP contribution >= 0.6 is 0 Å². The minimum atomic E-state index is -2.54. The van der Waals surface area contributed by atoms with Crippen molar-refractivity contribution in [2.24, 2.45) is 5.92 Å². The summed E-state index contributed by atoms with van der Waals surface area (Å²) < 4.78 is 24.8. The average Bonchev–Trinajstić information content (AvgIpc) is 3.46. The molecule has 0 radical (unpaired) electrons. The van der Waals surface area contributed by atoms with E-state index in [1.165, 1.54) is 6.20 Å². The molecule has 0 bridgehead atoms. The molecule has 3 heterocycles. The summed E-state index contributed by atoms with van der Waals surface area (Å²) in [5.74, 6) is 6.86. The number of alkyl halides is 2. The molecule has 1 aliphatic carbocycles. The Bertz CT molecular complexity index is 1130. The van der Waals surface area contributed by atoms with Crippen LogP contribution in [0.2, 0.25) is 0 Å². The number of nitrogens with zero attached hydrogens (tertiary/aromatic N) is 5. The maximum absolute atomic E-state index is 12.4. The number of pyridine rings is 2. The standard InChI is InChI=1S/C19H17F2N7O/c1-22-18-15-9-23-17(26-19(29)11-2-3-11)6-14(15)12(7-24-18)4-5-13-8-25-28(27-13)10-16(20)21/h6-9,11,16H,2-3,10H2,1H3,(H,22,24)(H,23,26,29). The lowest BCUT2D eigenvalue weighted by Gasteiger charge is -2.09. The lowest BCUT2D eigenvalue weighted by atomic mass is 10.1. The Hall–Kier alpha value is -3.61. The molecule has 0 aliphatic heterocycles. The quantitative estimate of drug-likeness (QED) is 0.641. The molecule has 3 aromatic heterocycles. The molecule has 29 heavy (non-hydrogen) atoms. The lowest BCUT2D eigenvalue weighted by Crippen LogP contribution is -2.14. The van der Waals surface area contributed by atoms with Gasteiger partial charge in [-0.05, 0) is 24.8 Å². The first-order chi connectivity index (χ1) is 14.0. The molecule has 3 aromatic rings. The third kappa shape index (κ3) is 4.29. The Labute approximate surface area is 164 Å². The SMILES string of the molecule is CNc1ncc(C#Cc2cnn(CC(F)F)n2)c2cc(NC(=O)C3CC3)ncc12. The van der Waals surface area contributed by atoms with Crippen molar-refractivity contribution in [3.63, 3.8) is 0 Å². The van der Waals surface area contributed by atoms with Gasteiger partial charge in [-0.3, -0.25) is 4.79 Å². The molecule has 4 rings (SSSR count). The van der Waals surface area contributed by atoms with Crippen LogP contribution in [0, 0.1) is 17.8 Å². The molecule has 8 nitrogen and oxygen atoms in total. The Morgan fingerprint density at radius 1 is 1.24 bits per heavy atom. The van der Waals surface area contributed by atoms with Gasteiger partial charge in [0.2, 0.25) is 5.91 Å². The maximum atomic E-state index is 12.4. The van der Waals surface area contributed by atoms with E-state index in [2.05, 4.69) is 42.6 Å². The third-order valence-corrected chi connectivity index (χ3v) is 4.37. The van der Waals surface area contributed by atoms with E-state index in [1.807, 2.05) is 0 Å². The summed E-state index contributed by atoms with van der Waals surface area (Å²) >= 11 is 0. The fraction of sp³-hybridized carbons (Fsp3) is 0.316. The number of fused-ring (bicyclic) bond motifs is 1. The molecule has 2 N–H and O–H groups in total. The van der Waals surface area contributed by atoms with E-state index in [0.717, 1.165) is 28.4 Å². The second kappa shape index (κ2) is 7.79. The summed E-state index contributed by atoms with van der Waals surface area (Å²) in [7, 11) is 1.75. The molecule has 1 amide bonds. The zero-order chi connectivity index (χ0) is 20.4. The van der Waals surface area contributed by atoms with Crippen molar-refractivity contribution < 1.29 is 13.6 Å². The summed E-state index contributed by atoms with van der Waals surface area (Å²) in [4.78, 5) is 21.6. The van der Waals surface area contributed by atoms with E-state index < -0.39 is 13.0 Å². The fourth-order valence-corrected chi connectivity index (χ4v) is 2.77. The monoisotopic (exact) mass is 397 g/mol. The number of halogens is 2. The van der Waals surface area contributed by atoms with Gasteiger partial charge in [0.05, 0.1) is 11.8 Å². The lowest BCUT2D eigenvalue weighted by molar-refractivity contribution is -0.117. The van der Waals surface area contributed by atoms with Crippen LogP contribution in [-0.2, 0) is 11.3 Å². The largest absolute Gasteiger partial charge is 0.373 e. The second-order valence-corrected chi connectivity index (χ2v) is 6.57. The van der Waals surface area contributed by atoms with Crippen LogP contribution in [0.5, 0.6) is 0 Å². The molecular weight excluding hydrogens is 380 g/mol. The number of nitrogens with one attached hydrogen (secondary N) is 2. The number of rotatable bonds is 5. The van der Waals surface area contributed by atoms with Crippen molar-refractivity contribution in [2.45, 2.75) is 25.8 Å². The highest BCUT2D eigenvalue weighted by Gasteiger charge is 2.29. The van der Waals surface area contributed by atoms with Crippen LogP contribution in [0.25, 0.3) is 10.8 Å². The van der Waals surface area contributed by atoms with Crippen molar-refractivity contribution in [3.8, 4) is 11.8 Å². The van der Waals surface area contributed by atoms with E-state index in [1.54, 1.807) is 25.5 Å². The Kier molecular flexibility index (Phi) is 5.03. The molecule has 1 fully saturated rings. The Balaban J connectivity index is 1.67. The van der Waals surface area contributed by atoms with Crippen molar-refractivity contribution in [3.05, 3.63) is 35.9 Å². The number of carbonyl (C=O) groups excluding carboxylic acids is 1. The number of anilines is 2. The molecule has 0 unspecified atom stereocenters. The van der Waals surface area contributed by atoms with Gasteiger partial charge in [0, 0.05) is 36.1 Å². The number of aromatic nitrogens is 5. The molecule has 148 valence electrons. The van der Waals surface area contributed by atoms with Crippen LogP contribution < -0.4 is 10.6 Å². The summed E-state index contributed by atoms with van der Waals surface area (Å²) in [5, 5.41) is 15.0. The molecule has 0 atom stereocenters. The van der Waals surface area contributed by atoms with Gasteiger partial charge in [0.1, 0.15) is 18.2 Å². The number of carbonyl (C=O) groups is 1. The molecule has 0 spiro atoms. The summed E-state index contributed by atoms with van der Waals surface area (Å²) in [5.41, 5.74) is 0.861. The zero-order valence-electron chi connectivity index (χ0n) is 15.5. The number of amides is 1. The van der Waals surface area contributed by atoms with Gasteiger partial charge in [0.15, 0.2) is 5.69 Å². The molecule has 0 aromatic carbocycles. The van der Waals surface area contributed by atoms with Gasteiger partial charge in [0.25, 0.3) is 6.43 Å². The molecule has 1 saturated carbocycles. The first-order valence-corrected chi connectivity index (χ1v) is 9.01. The third-order valence-electron chi connectivity index (χ3n) is 4.37. The topological polar surface area (TPSA) is 97.6 Å². The van der Waals surface area contributed by atoms with Crippen LogP contribution in [-0.4, -0.2) is 44.3 Å². The van der Waals surface area contributed by atoms with E-state index >= 15 is 0 Å². The molecule has 1 aliphatic rings. The van der Waals surface area contributed by atoms with E-state index in [9.17, 15) is 13.6 Å². The highest BCUT2D eigenvalue weighted by molar-refractivity contribution is 5.99. The minimum Gasteiger partial charge on any atom is -0.373 e. The minimum absolute atomic E-state index is 0.0389. The highest BCUT2D eigenvalue weighted by Crippen LogP contribution is 2.31. The van der Waals surface area contributed by atoms with Gasteiger partial charge in [-0.1, -0.05) is 5.92 Å². The van der Waals surface area contributed by atoms with Crippen molar-refractivity contribution >= 4 is 28.3 Å². The zero-order valence-corrected chi connectivity index (χ0v) is 15.5. The van der Waals surface area contributed by atoms with E-state index in [4.69, 9.17) is 0 Å². The summed E-state index contributed by atoms with van der Waals surface area (Å²) in [6.07, 6.45) is 3.81. The van der Waals surface area contributed by atoms with Gasteiger partial charge in [-0.25, -0.2) is 18.7 Å². The first kappa shape index (κ1) is 18.7. The summed E-state index contributed by atoms with van der Waals surface area (Å²) in [6, 6.07) is 1.75. The Morgan fingerprint density at radius 2 is 2.07 bits per heavy atom. The molecule has 0 saturated heterocycles. The van der Waals surface area contributed by atoms with Gasteiger partial charge >= 0.3 is 0 Å². The fourth-order valence-electron chi connectivity index (χ4n) is 2.77. The predicted molar refractivity (Wildman–Crippen MR) is 102 cm³/mol. The van der Waals surface area contributed by atoms with Crippen molar-refractivity contribution in [2.75, 3.05) is 17.7 Å². The maximum Gasteiger partial charge on any atom is 0.259 e. The van der Waals surface area contributed by atoms with Crippen molar-refractivity contribution in [1.29, 1.82) is 0 Å². The van der Waals surface area contributed by atoms with Gasteiger partial charge in [-0.2, -0.15) is 9.90 Å². The smallest absolute Gasteiger partial charge is 0.259 e. The van der Waals surface area contributed by atoms with E-state index in [0.29, 0.717) is 17.2 Å². The average molecular weight is 397 g/mol. The first-order valence-electron chi connectivity index (χ1n) is 9.01. The number of hydrogen-bond acceptors (Lipinski definition) is 6. The Morgan fingerprint density at radius 3 is 2.79 bits per heavy atom. The molecular formula is C19H17F2N7O. The molecule has 10 heteroatoms. The van der Waals surface area contributed by atoms with Gasteiger partial charge in [-0.15, -0.1) is 5.10 Å². The summed E-state index contributed by atoms with van der Waals surface area (Å²) in [6.45, 7) is -0.585. The second-order valence-electron chi connectivity index (χ2n) is 6.57. The van der Waals surface area contributed by atoms with Crippen molar-refractivity contribution in [1.82, 2.24) is 25.0 Å². The van der Waals surface area contributed by atoms with Gasteiger partial charge < -0.3 is 10.6 Å².